The summed E-state index contributed by atoms with van der Waals surface area (Å²) in [5, 5.41) is 16.2. The Morgan fingerprint density at radius 2 is 2.19 bits per heavy atom. The summed E-state index contributed by atoms with van der Waals surface area (Å²) in [4.78, 5) is 24.1. The number of aromatic amines is 2. The summed E-state index contributed by atoms with van der Waals surface area (Å²) in [7, 11) is 1.27. The molecular formula is C17H14FN5O3. The van der Waals surface area contributed by atoms with E-state index in [2.05, 4.69) is 25.7 Å². The fourth-order valence-corrected chi connectivity index (χ4v) is 3.21. The van der Waals surface area contributed by atoms with Crippen LogP contribution in [0.25, 0.3) is 11.3 Å². The van der Waals surface area contributed by atoms with Gasteiger partial charge in [-0.05, 0) is 12.1 Å². The molecule has 1 atom stereocenters. The maximum Gasteiger partial charge on any atom is 0.356 e. The van der Waals surface area contributed by atoms with Crippen molar-refractivity contribution in [1.29, 1.82) is 0 Å². The lowest BCUT2D eigenvalue weighted by molar-refractivity contribution is -0.116. The van der Waals surface area contributed by atoms with Crippen molar-refractivity contribution in [3.63, 3.8) is 0 Å². The Labute approximate surface area is 146 Å². The predicted octanol–water partition coefficient (Wildman–Crippen LogP) is 2.20. The zero-order valence-electron chi connectivity index (χ0n) is 13.7. The first-order chi connectivity index (χ1) is 12.6. The van der Waals surface area contributed by atoms with Gasteiger partial charge < -0.3 is 10.1 Å². The molecule has 3 aromatic rings. The number of rotatable bonds is 3. The number of hydrogen-bond donors (Lipinski definition) is 3. The van der Waals surface area contributed by atoms with Gasteiger partial charge in [-0.15, -0.1) is 0 Å². The van der Waals surface area contributed by atoms with Crippen molar-refractivity contribution in [2.45, 2.75) is 12.3 Å². The Kier molecular flexibility index (Phi) is 3.76. The summed E-state index contributed by atoms with van der Waals surface area (Å²) in [6.45, 7) is 0. The standard InChI is InChI=1S/C17H14FN5O3/c1-26-17(25)15-11(7-19-21-15)10-6-12(24)20-16-13(10)14(22-23-16)8-3-2-4-9(18)5-8/h2-5,7,10H,6H2,1H3,(H,19,21)(H2,20,22,23,24). The number of anilines is 1. The molecule has 1 amide bonds. The van der Waals surface area contributed by atoms with Crippen LogP contribution in [0.2, 0.25) is 0 Å². The summed E-state index contributed by atoms with van der Waals surface area (Å²) in [6, 6.07) is 6.04. The van der Waals surface area contributed by atoms with E-state index in [0.717, 1.165) is 0 Å². The van der Waals surface area contributed by atoms with Crippen molar-refractivity contribution in [1.82, 2.24) is 20.4 Å². The number of halogens is 1. The Bertz CT molecular complexity index is 1010. The minimum Gasteiger partial charge on any atom is -0.464 e. The van der Waals surface area contributed by atoms with Crippen LogP contribution in [-0.4, -0.2) is 39.4 Å². The fourth-order valence-electron chi connectivity index (χ4n) is 3.21. The fraction of sp³-hybridized carbons (Fsp3) is 0.176. The summed E-state index contributed by atoms with van der Waals surface area (Å²) in [5.41, 5.74) is 2.52. The molecule has 0 aliphatic carbocycles. The van der Waals surface area contributed by atoms with Crippen LogP contribution in [0.5, 0.6) is 0 Å². The van der Waals surface area contributed by atoms with Crippen molar-refractivity contribution in [2.24, 2.45) is 0 Å². The third-order valence-corrected chi connectivity index (χ3v) is 4.35. The zero-order chi connectivity index (χ0) is 18.3. The van der Waals surface area contributed by atoms with E-state index in [1.54, 1.807) is 12.1 Å². The summed E-state index contributed by atoms with van der Waals surface area (Å²) >= 11 is 0. The number of ether oxygens (including phenoxy) is 1. The van der Waals surface area contributed by atoms with Gasteiger partial charge in [-0.3, -0.25) is 15.0 Å². The molecule has 0 bridgehead atoms. The number of aromatic nitrogens is 4. The number of esters is 1. The van der Waals surface area contributed by atoms with Crippen LogP contribution in [0.4, 0.5) is 10.2 Å². The average Bonchev–Trinajstić information content (AvgIpc) is 3.27. The first kappa shape index (κ1) is 16.0. The van der Waals surface area contributed by atoms with Crippen molar-refractivity contribution in [2.75, 3.05) is 12.4 Å². The van der Waals surface area contributed by atoms with E-state index in [4.69, 9.17) is 4.74 Å². The Morgan fingerprint density at radius 3 is 2.96 bits per heavy atom. The van der Waals surface area contributed by atoms with Gasteiger partial charge in [-0.2, -0.15) is 10.2 Å². The molecule has 1 aliphatic rings. The topological polar surface area (TPSA) is 113 Å². The predicted molar refractivity (Wildman–Crippen MR) is 89.0 cm³/mol. The maximum absolute atomic E-state index is 13.7. The summed E-state index contributed by atoms with van der Waals surface area (Å²) in [6.07, 6.45) is 1.58. The molecule has 26 heavy (non-hydrogen) atoms. The maximum atomic E-state index is 13.7. The van der Waals surface area contributed by atoms with Gasteiger partial charge in [0.1, 0.15) is 11.5 Å². The number of carbonyl (C=O) groups excluding carboxylic acids is 2. The van der Waals surface area contributed by atoms with E-state index in [1.165, 1.54) is 25.4 Å². The molecule has 1 aliphatic heterocycles. The van der Waals surface area contributed by atoms with Crippen LogP contribution in [0.1, 0.15) is 34.0 Å². The second-order valence-corrected chi connectivity index (χ2v) is 5.87. The van der Waals surface area contributed by atoms with Crippen molar-refractivity contribution in [3.05, 3.63) is 53.1 Å². The number of carbonyl (C=O) groups is 2. The van der Waals surface area contributed by atoms with Gasteiger partial charge >= 0.3 is 5.97 Å². The molecule has 4 rings (SSSR count). The number of hydrogen-bond acceptors (Lipinski definition) is 5. The number of H-pyrrole nitrogens is 2. The van der Waals surface area contributed by atoms with E-state index in [-0.39, 0.29) is 23.8 Å². The van der Waals surface area contributed by atoms with E-state index >= 15 is 0 Å². The Hall–Kier alpha value is -3.49. The van der Waals surface area contributed by atoms with Gasteiger partial charge in [0.2, 0.25) is 5.91 Å². The molecule has 0 radical (unpaired) electrons. The highest BCUT2D eigenvalue weighted by Gasteiger charge is 2.35. The van der Waals surface area contributed by atoms with Crippen molar-refractivity contribution in [3.8, 4) is 11.3 Å². The molecule has 3 N–H and O–H groups in total. The molecular weight excluding hydrogens is 341 g/mol. The van der Waals surface area contributed by atoms with E-state index in [0.29, 0.717) is 28.2 Å². The van der Waals surface area contributed by atoms with Crippen molar-refractivity contribution < 1.29 is 18.7 Å². The Balaban J connectivity index is 1.88. The molecule has 1 aromatic carbocycles. The van der Waals surface area contributed by atoms with Gasteiger partial charge in [-0.25, -0.2) is 9.18 Å². The van der Waals surface area contributed by atoms with Crippen LogP contribution >= 0.6 is 0 Å². The average molecular weight is 355 g/mol. The first-order valence-corrected chi connectivity index (χ1v) is 7.84. The quantitative estimate of drug-likeness (QED) is 0.624. The monoisotopic (exact) mass is 355 g/mol. The SMILES string of the molecule is COC(=O)c1[nH]ncc1C1CC(=O)Nc2n[nH]c(-c3cccc(F)c3)c21. The molecule has 0 spiro atoms. The number of methoxy groups -OCH3 is 1. The van der Waals surface area contributed by atoms with Crippen LogP contribution < -0.4 is 5.32 Å². The lowest BCUT2D eigenvalue weighted by Gasteiger charge is -2.23. The third kappa shape index (κ3) is 2.53. The zero-order valence-corrected chi connectivity index (χ0v) is 13.7. The first-order valence-electron chi connectivity index (χ1n) is 7.84. The summed E-state index contributed by atoms with van der Waals surface area (Å²) < 4.78 is 18.4. The van der Waals surface area contributed by atoms with E-state index < -0.39 is 11.9 Å². The highest BCUT2D eigenvalue weighted by molar-refractivity contribution is 5.97. The molecule has 132 valence electrons. The van der Waals surface area contributed by atoms with Gasteiger partial charge in [0, 0.05) is 29.0 Å². The molecule has 1 unspecified atom stereocenters. The second-order valence-electron chi connectivity index (χ2n) is 5.87. The smallest absolute Gasteiger partial charge is 0.356 e. The van der Waals surface area contributed by atoms with Gasteiger partial charge in [0.05, 0.1) is 19.0 Å². The summed E-state index contributed by atoms with van der Waals surface area (Å²) in [5.74, 6) is -1.34. The van der Waals surface area contributed by atoms with Crippen molar-refractivity contribution >= 4 is 17.7 Å². The highest BCUT2D eigenvalue weighted by atomic mass is 19.1. The highest BCUT2D eigenvalue weighted by Crippen LogP contribution is 2.42. The number of amides is 1. The van der Waals surface area contributed by atoms with E-state index in [9.17, 15) is 14.0 Å². The molecule has 3 heterocycles. The van der Waals surface area contributed by atoms with Gasteiger partial charge in [0.15, 0.2) is 5.82 Å². The van der Waals surface area contributed by atoms with Crippen LogP contribution in [-0.2, 0) is 9.53 Å². The molecule has 0 saturated carbocycles. The lowest BCUT2D eigenvalue weighted by atomic mass is 9.84. The van der Waals surface area contributed by atoms with Crippen LogP contribution in [0.15, 0.2) is 30.5 Å². The molecule has 8 nitrogen and oxygen atoms in total. The minimum absolute atomic E-state index is 0.0956. The number of benzene rings is 1. The number of nitrogens with zero attached hydrogens (tertiary/aromatic N) is 2. The van der Waals surface area contributed by atoms with Gasteiger partial charge in [0.25, 0.3) is 0 Å². The normalized spacial score (nSPS) is 16.1. The van der Waals surface area contributed by atoms with E-state index in [1.807, 2.05) is 0 Å². The Morgan fingerprint density at radius 1 is 1.35 bits per heavy atom. The van der Waals surface area contributed by atoms with Crippen LogP contribution in [0.3, 0.4) is 0 Å². The van der Waals surface area contributed by atoms with Crippen LogP contribution in [0, 0.1) is 5.82 Å². The molecule has 9 heteroatoms. The number of fused-ring (bicyclic) bond motifs is 1. The molecule has 0 fully saturated rings. The second kappa shape index (κ2) is 6.10. The molecule has 2 aromatic heterocycles. The van der Waals surface area contributed by atoms with Gasteiger partial charge in [-0.1, -0.05) is 12.1 Å². The molecule has 0 saturated heterocycles. The number of nitrogens with one attached hydrogen (secondary N) is 3. The lowest BCUT2D eigenvalue weighted by Crippen LogP contribution is -2.24. The third-order valence-electron chi connectivity index (χ3n) is 4.35. The minimum atomic E-state index is -0.583. The largest absolute Gasteiger partial charge is 0.464 e.